The molecule has 1 atom stereocenters. The molecule has 0 saturated carbocycles. The molecule has 0 spiro atoms. The highest BCUT2D eigenvalue weighted by Crippen LogP contribution is 2.30. The van der Waals surface area contributed by atoms with Crippen LogP contribution in [-0.2, 0) is 4.79 Å². The van der Waals surface area contributed by atoms with Gasteiger partial charge in [0.05, 0.1) is 6.42 Å². The summed E-state index contributed by atoms with van der Waals surface area (Å²) in [5, 5.41) is 8.70. The lowest BCUT2D eigenvalue weighted by molar-refractivity contribution is -0.139. The fraction of sp³-hybridized carbons (Fsp3) is 0.462. The summed E-state index contributed by atoms with van der Waals surface area (Å²) in [6.07, 6.45) is 0.293. The molecule has 1 saturated heterocycles. The number of carbonyl (C=O) groups is 1. The van der Waals surface area contributed by atoms with Crippen LogP contribution in [0.1, 0.15) is 24.9 Å². The Morgan fingerprint density at radius 1 is 1.59 bits per heavy atom. The molecule has 1 heterocycles. The lowest BCUT2D eigenvalue weighted by Gasteiger charge is -2.43. The Bertz CT molecular complexity index is 416. The van der Waals surface area contributed by atoms with Gasteiger partial charge in [-0.2, -0.15) is 0 Å². The lowest BCUT2D eigenvalue weighted by atomic mass is 9.92. The van der Waals surface area contributed by atoms with Crippen LogP contribution in [0.5, 0.6) is 0 Å². The van der Waals surface area contributed by atoms with Crippen molar-refractivity contribution in [1.82, 2.24) is 4.90 Å². The van der Waals surface area contributed by atoms with E-state index in [9.17, 15) is 4.79 Å². The first kappa shape index (κ1) is 12.6. The van der Waals surface area contributed by atoms with E-state index in [4.69, 9.17) is 5.11 Å². The standard InChI is InChI=1S/C13H16BrNO2/c1-9(11-3-2-4-12(14)6-11)15-7-10(8-15)5-13(16)17/h2-4,6,9-10H,5,7-8H2,1H3,(H,16,17). The quantitative estimate of drug-likeness (QED) is 0.929. The highest BCUT2D eigenvalue weighted by molar-refractivity contribution is 9.10. The van der Waals surface area contributed by atoms with E-state index in [0.717, 1.165) is 17.6 Å². The molecule has 4 heteroatoms. The second kappa shape index (κ2) is 5.19. The first-order valence-corrected chi connectivity index (χ1v) is 6.57. The van der Waals surface area contributed by atoms with Crippen LogP contribution in [0.4, 0.5) is 0 Å². The molecule has 0 bridgehead atoms. The van der Waals surface area contributed by atoms with Crippen molar-refractivity contribution in [2.75, 3.05) is 13.1 Å². The minimum atomic E-state index is -0.690. The lowest BCUT2D eigenvalue weighted by Crippen LogP contribution is -2.48. The van der Waals surface area contributed by atoms with Gasteiger partial charge in [-0.15, -0.1) is 0 Å². The normalized spacial score (nSPS) is 18.7. The first-order valence-electron chi connectivity index (χ1n) is 5.77. The molecule has 1 N–H and O–H groups in total. The fourth-order valence-corrected chi connectivity index (χ4v) is 2.70. The number of nitrogens with zero attached hydrogens (tertiary/aromatic N) is 1. The zero-order valence-electron chi connectivity index (χ0n) is 9.77. The summed E-state index contributed by atoms with van der Waals surface area (Å²) in [5.74, 6) is -0.369. The van der Waals surface area contributed by atoms with Crippen LogP contribution < -0.4 is 0 Å². The summed E-state index contributed by atoms with van der Waals surface area (Å²) < 4.78 is 1.09. The van der Waals surface area contributed by atoms with Gasteiger partial charge in [0.1, 0.15) is 0 Å². The van der Waals surface area contributed by atoms with E-state index < -0.39 is 5.97 Å². The molecule has 1 aromatic carbocycles. The van der Waals surface area contributed by atoms with Crippen LogP contribution in [0.3, 0.4) is 0 Å². The molecule has 17 heavy (non-hydrogen) atoms. The number of benzene rings is 1. The molecule has 0 radical (unpaired) electrons. The van der Waals surface area contributed by atoms with Gasteiger partial charge in [-0.3, -0.25) is 9.69 Å². The summed E-state index contributed by atoms with van der Waals surface area (Å²) >= 11 is 3.47. The zero-order chi connectivity index (χ0) is 12.4. The van der Waals surface area contributed by atoms with Crippen LogP contribution in [0, 0.1) is 5.92 Å². The SMILES string of the molecule is CC(c1cccc(Br)c1)N1CC(CC(=O)O)C1. The first-order chi connectivity index (χ1) is 8.06. The topological polar surface area (TPSA) is 40.5 Å². The van der Waals surface area contributed by atoms with Crippen LogP contribution in [0.2, 0.25) is 0 Å². The summed E-state index contributed by atoms with van der Waals surface area (Å²) in [6, 6.07) is 8.64. The van der Waals surface area contributed by atoms with Crippen LogP contribution >= 0.6 is 15.9 Å². The molecular weight excluding hydrogens is 282 g/mol. The number of rotatable bonds is 4. The molecule has 1 unspecified atom stereocenters. The van der Waals surface area contributed by atoms with E-state index in [1.54, 1.807) is 0 Å². The van der Waals surface area contributed by atoms with Crippen LogP contribution in [-0.4, -0.2) is 29.1 Å². The maximum atomic E-state index is 10.6. The summed E-state index contributed by atoms with van der Waals surface area (Å²) in [5.41, 5.74) is 1.27. The van der Waals surface area contributed by atoms with E-state index >= 15 is 0 Å². The van der Waals surface area contributed by atoms with E-state index in [1.165, 1.54) is 5.56 Å². The van der Waals surface area contributed by atoms with Gasteiger partial charge in [0.15, 0.2) is 0 Å². The molecule has 3 nitrogen and oxygen atoms in total. The molecule has 1 aliphatic heterocycles. The van der Waals surface area contributed by atoms with Crippen molar-refractivity contribution in [3.63, 3.8) is 0 Å². The Hall–Kier alpha value is -0.870. The van der Waals surface area contributed by atoms with Crippen molar-refractivity contribution in [2.24, 2.45) is 5.92 Å². The summed E-state index contributed by atoms with van der Waals surface area (Å²) in [4.78, 5) is 12.9. The monoisotopic (exact) mass is 297 g/mol. The van der Waals surface area contributed by atoms with E-state index in [-0.39, 0.29) is 0 Å². The third kappa shape index (κ3) is 3.07. The Morgan fingerprint density at radius 2 is 2.29 bits per heavy atom. The minimum Gasteiger partial charge on any atom is -0.481 e. The number of likely N-dealkylation sites (tertiary alicyclic amines) is 1. The fourth-order valence-electron chi connectivity index (χ4n) is 2.28. The van der Waals surface area contributed by atoms with Gasteiger partial charge in [-0.1, -0.05) is 28.1 Å². The number of aliphatic carboxylic acids is 1. The Labute approximate surface area is 110 Å². The number of carboxylic acid groups (broad SMARTS) is 1. The van der Waals surface area contributed by atoms with Crippen LogP contribution in [0.25, 0.3) is 0 Å². The average Bonchev–Trinajstić information content (AvgIpc) is 2.21. The van der Waals surface area contributed by atoms with Crippen molar-refractivity contribution in [3.8, 4) is 0 Å². The molecular formula is C13H16BrNO2. The number of carboxylic acids is 1. The second-order valence-electron chi connectivity index (χ2n) is 4.65. The summed E-state index contributed by atoms with van der Waals surface area (Å²) in [6.45, 7) is 3.94. The van der Waals surface area contributed by atoms with Gasteiger partial charge in [0.2, 0.25) is 0 Å². The molecule has 1 fully saturated rings. The molecule has 1 aliphatic rings. The largest absolute Gasteiger partial charge is 0.481 e. The molecule has 0 aliphatic carbocycles. The van der Waals surface area contributed by atoms with Crippen molar-refractivity contribution >= 4 is 21.9 Å². The van der Waals surface area contributed by atoms with Crippen molar-refractivity contribution in [2.45, 2.75) is 19.4 Å². The summed E-state index contributed by atoms with van der Waals surface area (Å²) in [7, 11) is 0. The molecule has 0 amide bonds. The van der Waals surface area contributed by atoms with E-state index in [1.807, 2.05) is 12.1 Å². The van der Waals surface area contributed by atoms with Crippen molar-refractivity contribution in [1.29, 1.82) is 0 Å². The highest BCUT2D eigenvalue weighted by Gasteiger charge is 2.32. The third-order valence-corrected chi connectivity index (χ3v) is 3.82. The van der Waals surface area contributed by atoms with E-state index in [2.05, 4.69) is 39.9 Å². The third-order valence-electron chi connectivity index (χ3n) is 3.33. The molecule has 2 rings (SSSR count). The Morgan fingerprint density at radius 3 is 2.88 bits per heavy atom. The van der Waals surface area contributed by atoms with Gasteiger partial charge in [-0.05, 0) is 30.5 Å². The number of hydrogen-bond donors (Lipinski definition) is 1. The van der Waals surface area contributed by atoms with Gasteiger partial charge in [0.25, 0.3) is 0 Å². The zero-order valence-corrected chi connectivity index (χ0v) is 11.4. The van der Waals surface area contributed by atoms with E-state index in [0.29, 0.717) is 18.4 Å². The van der Waals surface area contributed by atoms with Gasteiger partial charge >= 0.3 is 5.97 Å². The maximum Gasteiger partial charge on any atom is 0.303 e. The van der Waals surface area contributed by atoms with Crippen LogP contribution in [0.15, 0.2) is 28.7 Å². The predicted octanol–water partition coefficient (Wildman–Crippen LogP) is 2.92. The number of halogens is 1. The van der Waals surface area contributed by atoms with Gasteiger partial charge in [0, 0.05) is 23.6 Å². The minimum absolute atomic E-state index is 0.293. The maximum absolute atomic E-state index is 10.6. The molecule has 0 aromatic heterocycles. The molecule has 1 aromatic rings. The average molecular weight is 298 g/mol. The highest BCUT2D eigenvalue weighted by atomic mass is 79.9. The molecule has 92 valence electrons. The Balaban J connectivity index is 1.91. The van der Waals surface area contributed by atoms with Gasteiger partial charge in [-0.25, -0.2) is 0 Å². The van der Waals surface area contributed by atoms with Crippen molar-refractivity contribution in [3.05, 3.63) is 34.3 Å². The number of hydrogen-bond acceptors (Lipinski definition) is 2. The van der Waals surface area contributed by atoms with Crippen molar-refractivity contribution < 1.29 is 9.90 Å². The smallest absolute Gasteiger partial charge is 0.303 e. The predicted molar refractivity (Wildman–Crippen MR) is 69.9 cm³/mol. The Kier molecular flexibility index (Phi) is 3.84. The second-order valence-corrected chi connectivity index (χ2v) is 5.56. The van der Waals surface area contributed by atoms with Gasteiger partial charge < -0.3 is 5.11 Å².